The SMILES string of the molecule is CCOc1ccc(C(=O)N(C(C)C)[C@@H]2CCCN(C(=O)OC(C)(C)C)C2)cc1OCCCOC. The zero-order chi connectivity index (χ0) is 25.3. The molecular formula is C26H42N2O6. The molecule has 0 unspecified atom stereocenters. The topological polar surface area (TPSA) is 77.5 Å². The lowest BCUT2D eigenvalue weighted by molar-refractivity contribution is 0.00752. The highest BCUT2D eigenvalue weighted by Gasteiger charge is 2.34. The molecule has 2 amide bonds. The van der Waals surface area contributed by atoms with Crippen molar-refractivity contribution in [3.8, 4) is 11.5 Å². The summed E-state index contributed by atoms with van der Waals surface area (Å²) in [7, 11) is 1.65. The van der Waals surface area contributed by atoms with Gasteiger partial charge in [-0.05, 0) is 72.6 Å². The van der Waals surface area contributed by atoms with E-state index in [-0.39, 0.29) is 24.1 Å². The maximum Gasteiger partial charge on any atom is 0.410 e. The molecule has 192 valence electrons. The highest BCUT2D eigenvalue weighted by molar-refractivity contribution is 5.95. The summed E-state index contributed by atoms with van der Waals surface area (Å²) in [4.78, 5) is 29.9. The van der Waals surface area contributed by atoms with Gasteiger partial charge in [-0.2, -0.15) is 0 Å². The van der Waals surface area contributed by atoms with Gasteiger partial charge in [-0.1, -0.05) is 0 Å². The lowest BCUT2D eigenvalue weighted by atomic mass is 10.0. The second-order valence-electron chi connectivity index (χ2n) is 9.82. The Morgan fingerprint density at radius 1 is 1.15 bits per heavy atom. The number of benzene rings is 1. The van der Waals surface area contributed by atoms with Crippen LogP contribution in [0.4, 0.5) is 4.79 Å². The molecular weight excluding hydrogens is 436 g/mol. The second-order valence-corrected chi connectivity index (χ2v) is 9.82. The van der Waals surface area contributed by atoms with E-state index in [0.29, 0.717) is 50.0 Å². The van der Waals surface area contributed by atoms with Gasteiger partial charge in [0.1, 0.15) is 5.60 Å². The number of ether oxygens (including phenoxy) is 4. The van der Waals surface area contributed by atoms with E-state index in [1.807, 2.05) is 46.4 Å². The van der Waals surface area contributed by atoms with Crippen LogP contribution in [0.25, 0.3) is 0 Å². The van der Waals surface area contributed by atoms with Crippen molar-refractivity contribution in [1.29, 1.82) is 0 Å². The summed E-state index contributed by atoms with van der Waals surface area (Å²) in [5.41, 5.74) is -0.0206. The van der Waals surface area contributed by atoms with E-state index in [0.717, 1.165) is 19.3 Å². The number of likely N-dealkylation sites (tertiary alicyclic amines) is 1. The standard InChI is InChI=1S/C26H42N2O6/c1-8-32-22-13-12-20(17-23(22)33-16-10-15-31-7)24(29)28(19(2)3)21-11-9-14-27(18-21)25(30)34-26(4,5)6/h12-13,17,19,21H,8-11,14-16,18H2,1-7H3/t21-/m1/s1. The van der Waals surface area contributed by atoms with Crippen molar-refractivity contribution in [2.24, 2.45) is 0 Å². The summed E-state index contributed by atoms with van der Waals surface area (Å²) in [6.45, 7) is 14.1. The molecule has 8 nitrogen and oxygen atoms in total. The minimum absolute atomic E-state index is 0.0336. The minimum atomic E-state index is -0.556. The van der Waals surface area contributed by atoms with Crippen molar-refractivity contribution in [2.75, 3.05) is 40.0 Å². The molecule has 1 aliphatic rings. The number of carbonyl (C=O) groups excluding carboxylic acids is 2. The highest BCUT2D eigenvalue weighted by Crippen LogP contribution is 2.30. The van der Waals surface area contributed by atoms with Gasteiger partial charge in [-0.25, -0.2) is 4.79 Å². The largest absolute Gasteiger partial charge is 0.490 e. The van der Waals surface area contributed by atoms with Crippen molar-refractivity contribution in [2.45, 2.75) is 78.5 Å². The first-order valence-corrected chi connectivity index (χ1v) is 12.3. The summed E-state index contributed by atoms with van der Waals surface area (Å²) in [5, 5.41) is 0. The Hall–Kier alpha value is -2.48. The van der Waals surface area contributed by atoms with Gasteiger partial charge in [0.25, 0.3) is 5.91 Å². The number of amides is 2. The fraction of sp³-hybridized carbons (Fsp3) is 0.692. The maximum absolute atomic E-state index is 13.7. The van der Waals surface area contributed by atoms with Crippen LogP contribution in [0.5, 0.6) is 11.5 Å². The normalized spacial score (nSPS) is 16.4. The number of hydrogen-bond acceptors (Lipinski definition) is 6. The third-order valence-corrected chi connectivity index (χ3v) is 5.47. The van der Waals surface area contributed by atoms with E-state index in [1.165, 1.54) is 0 Å². The minimum Gasteiger partial charge on any atom is -0.490 e. The first-order valence-electron chi connectivity index (χ1n) is 12.3. The van der Waals surface area contributed by atoms with Crippen LogP contribution in [0.2, 0.25) is 0 Å². The highest BCUT2D eigenvalue weighted by atomic mass is 16.6. The zero-order valence-electron chi connectivity index (χ0n) is 21.9. The van der Waals surface area contributed by atoms with Gasteiger partial charge < -0.3 is 28.7 Å². The van der Waals surface area contributed by atoms with Crippen molar-refractivity contribution >= 4 is 12.0 Å². The third kappa shape index (κ3) is 8.08. The molecule has 1 aromatic rings. The molecule has 2 rings (SSSR count). The first-order chi connectivity index (χ1) is 16.1. The number of hydrogen-bond donors (Lipinski definition) is 0. The van der Waals surface area contributed by atoms with Crippen LogP contribution < -0.4 is 9.47 Å². The molecule has 0 radical (unpaired) electrons. The van der Waals surface area contributed by atoms with Gasteiger partial charge in [-0.3, -0.25) is 4.79 Å². The predicted molar refractivity (Wildman–Crippen MR) is 132 cm³/mol. The van der Waals surface area contributed by atoms with Gasteiger partial charge in [0, 0.05) is 44.8 Å². The summed E-state index contributed by atoms with van der Waals surface area (Å²) in [6.07, 6.45) is 2.06. The van der Waals surface area contributed by atoms with Crippen LogP contribution >= 0.6 is 0 Å². The van der Waals surface area contributed by atoms with Crippen LogP contribution in [-0.2, 0) is 9.47 Å². The number of carbonyl (C=O) groups is 2. The van der Waals surface area contributed by atoms with E-state index in [9.17, 15) is 9.59 Å². The molecule has 1 saturated heterocycles. The summed E-state index contributed by atoms with van der Waals surface area (Å²) >= 11 is 0. The van der Waals surface area contributed by atoms with Gasteiger partial charge in [0.2, 0.25) is 0 Å². The van der Waals surface area contributed by atoms with E-state index < -0.39 is 5.60 Å². The van der Waals surface area contributed by atoms with Gasteiger partial charge >= 0.3 is 6.09 Å². The third-order valence-electron chi connectivity index (χ3n) is 5.47. The molecule has 0 aliphatic carbocycles. The zero-order valence-corrected chi connectivity index (χ0v) is 21.9. The molecule has 1 fully saturated rings. The fourth-order valence-corrected chi connectivity index (χ4v) is 4.06. The Morgan fingerprint density at radius 2 is 1.88 bits per heavy atom. The number of piperidine rings is 1. The predicted octanol–water partition coefficient (Wildman–Crippen LogP) is 4.75. The first kappa shape index (κ1) is 27.8. The van der Waals surface area contributed by atoms with Crippen LogP contribution in [0.15, 0.2) is 18.2 Å². The van der Waals surface area contributed by atoms with E-state index in [4.69, 9.17) is 18.9 Å². The average Bonchev–Trinajstić information content (AvgIpc) is 2.76. The van der Waals surface area contributed by atoms with Crippen LogP contribution in [0, 0.1) is 0 Å². The number of rotatable bonds is 10. The van der Waals surface area contributed by atoms with E-state index >= 15 is 0 Å². The fourth-order valence-electron chi connectivity index (χ4n) is 4.06. The molecule has 1 aliphatic heterocycles. The van der Waals surface area contributed by atoms with Crippen molar-refractivity contribution in [1.82, 2.24) is 9.80 Å². The van der Waals surface area contributed by atoms with Crippen LogP contribution in [-0.4, -0.2) is 79.5 Å². The van der Waals surface area contributed by atoms with Crippen molar-refractivity contribution < 1.29 is 28.5 Å². The molecule has 0 saturated carbocycles. The molecule has 0 N–H and O–H groups in total. The Kier molecular flexibility index (Phi) is 10.5. The Bertz CT molecular complexity index is 805. The van der Waals surface area contributed by atoms with Crippen molar-refractivity contribution in [3.63, 3.8) is 0 Å². The van der Waals surface area contributed by atoms with Crippen LogP contribution in [0.3, 0.4) is 0 Å². The van der Waals surface area contributed by atoms with Gasteiger partial charge in [0.15, 0.2) is 11.5 Å². The molecule has 0 spiro atoms. The molecule has 34 heavy (non-hydrogen) atoms. The molecule has 0 bridgehead atoms. The summed E-state index contributed by atoms with van der Waals surface area (Å²) < 4.78 is 22.3. The maximum atomic E-state index is 13.7. The second kappa shape index (κ2) is 12.8. The van der Waals surface area contributed by atoms with Gasteiger partial charge in [0.05, 0.1) is 19.3 Å². The Balaban J connectivity index is 2.21. The molecule has 1 aromatic carbocycles. The summed E-state index contributed by atoms with van der Waals surface area (Å²) in [6, 6.07) is 5.19. The van der Waals surface area contributed by atoms with Crippen LogP contribution in [0.1, 0.15) is 71.2 Å². The number of methoxy groups -OCH3 is 1. The molecule has 1 heterocycles. The lowest BCUT2D eigenvalue weighted by Crippen LogP contribution is -2.54. The number of nitrogens with zero attached hydrogens (tertiary/aromatic N) is 2. The Labute approximate surface area is 204 Å². The lowest BCUT2D eigenvalue weighted by Gasteiger charge is -2.41. The monoisotopic (exact) mass is 478 g/mol. The molecule has 0 aromatic heterocycles. The smallest absolute Gasteiger partial charge is 0.410 e. The average molecular weight is 479 g/mol. The quantitative estimate of drug-likeness (QED) is 0.452. The Morgan fingerprint density at radius 3 is 2.50 bits per heavy atom. The summed E-state index contributed by atoms with van der Waals surface area (Å²) in [5.74, 6) is 1.07. The molecule has 1 atom stereocenters. The molecule has 8 heteroatoms. The van der Waals surface area contributed by atoms with E-state index in [2.05, 4.69) is 0 Å². The van der Waals surface area contributed by atoms with Gasteiger partial charge in [-0.15, -0.1) is 0 Å². The van der Waals surface area contributed by atoms with E-state index in [1.54, 1.807) is 30.2 Å². The van der Waals surface area contributed by atoms with Crippen molar-refractivity contribution in [3.05, 3.63) is 23.8 Å².